The van der Waals surface area contributed by atoms with Crippen LogP contribution in [0.4, 0.5) is 0 Å². The van der Waals surface area contributed by atoms with Gasteiger partial charge in [0.2, 0.25) is 5.43 Å². The van der Waals surface area contributed by atoms with Crippen LogP contribution in [0.15, 0.2) is 41.3 Å². The first-order chi connectivity index (χ1) is 15.1. The summed E-state index contributed by atoms with van der Waals surface area (Å²) in [6, 6.07) is 9.51. The third-order valence-electron chi connectivity index (χ3n) is 7.91. The number of hydrogen-bond acceptors (Lipinski definition) is 5. The quantitative estimate of drug-likeness (QED) is 0.695. The van der Waals surface area contributed by atoms with Crippen LogP contribution in [0.25, 0.3) is 0 Å². The molecule has 1 aromatic heterocycles. The lowest BCUT2D eigenvalue weighted by Gasteiger charge is -2.36. The summed E-state index contributed by atoms with van der Waals surface area (Å²) in [6.07, 6.45) is 3.89. The van der Waals surface area contributed by atoms with Crippen LogP contribution in [0.5, 0.6) is 5.75 Å². The monoisotopic (exact) mass is 419 g/mol. The molecule has 160 valence electrons. The van der Waals surface area contributed by atoms with Gasteiger partial charge in [-0.15, -0.1) is 0 Å². The van der Waals surface area contributed by atoms with E-state index in [4.69, 9.17) is 9.47 Å². The molecule has 2 heterocycles. The van der Waals surface area contributed by atoms with Gasteiger partial charge in [-0.1, -0.05) is 30.3 Å². The van der Waals surface area contributed by atoms with Crippen LogP contribution < -0.4 is 10.2 Å². The lowest BCUT2D eigenvalue weighted by molar-refractivity contribution is 0.0518. The summed E-state index contributed by atoms with van der Waals surface area (Å²) in [7, 11) is 0. The maximum Gasteiger partial charge on any atom is 0.343 e. The first kappa shape index (κ1) is 18.8. The topological polar surface area (TPSA) is 74.6 Å². The Labute approximate surface area is 180 Å². The number of hydrogen-bond donors (Lipinski definition) is 0. The lowest BCUT2D eigenvalue weighted by Crippen LogP contribution is -2.42. The van der Waals surface area contributed by atoms with Crippen LogP contribution in [-0.4, -0.2) is 22.9 Å². The Morgan fingerprint density at radius 1 is 1.03 bits per heavy atom. The van der Waals surface area contributed by atoms with E-state index in [9.17, 15) is 14.4 Å². The van der Waals surface area contributed by atoms with Gasteiger partial charge in [-0.05, 0) is 54.9 Å². The van der Waals surface area contributed by atoms with Crippen LogP contribution >= 0.6 is 0 Å². The number of rotatable bonds is 5. The zero-order valence-electron chi connectivity index (χ0n) is 17.5. The third kappa shape index (κ3) is 2.73. The summed E-state index contributed by atoms with van der Waals surface area (Å²) in [6.45, 7) is 2.70. The summed E-state index contributed by atoms with van der Waals surface area (Å²) in [4.78, 5) is 39.4. The van der Waals surface area contributed by atoms with Gasteiger partial charge in [0.25, 0.3) is 0 Å². The molecular weight excluding hydrogens is 394 g/mol. The Bertz CT molecular complexity index is 1140. The van der Waals surface area contributed by atoms with E-state index >= 15 is 0 Å². The zero-order valence-corrected chi connectivity index (χ0v) is 17.5. The summed E-state index contributed by atoms with van der Waals surface area (Å²) in [5.41, 5.74) is 0.608. The van der Waals surface area contributed by atoms with E-state index in [2.05, 4.69) is 0 Å². The molecule has 0 spiro atoms. The Balaban J connectivity index is 1.43. The summed E-state index contributed by atoms with van der Waals surface area (Å²) >= 11 is 0. The maximum absolute atomic E-state index is 13.7. The largest absolute Gasteiger partial charge is 0.483 e. The number of aromatic nitrogens is 1. The van der Waals surface area contributed by atoms with E-state index < -0.39 is 11.4 Å². The van der Waals surface area contributed by atoms with Gasteiger partial charge in [0.1, 0.15) is 17.9 Å². The van der Waals surface area contributed by atoms with Crippen molar-refractivity contribution in [2.24, 2.45) is 35.5 Å². The van der Waals surface area contributed by atoms with E-state index in [0.717, 1.165) is 17.9 Å². The van der Waals surface area contributed by atoms with E-state index in [1.807, 2.05) is 30.3 Å². The second-order valence-electron chi connectivity index (χ2n) is 9.38. The number of carbonyl (C=O) groups is 2. The van der Waals surface area contributed by atoms with Gasteiger partial charge in [0.15, 0.2) is 11.5 Å². The molecule has 6 atom stereocenters. The van der Waals surface area contributed by atoms with Crippen molar-refractivity contribution >= 4 is 11.8 Å². The van der Waals surface area contributed by atoms with Gasteiger partial charge in [-0.3, -0.25) is 9.59 Å². The standard InChI is InChI=1S/C25H25NO5/c1-2-30-25(29)19-11-26-10-18-16-9-17(15-8-14(15)16)20(18)23(28)21(26)24(22(19)27)31-12-13-6-4-3-5-7-13/h3-7,11,14-18,20H,2,8-10,12H2,1H3/t14-,15+,16?,17?,18+,20+/m1/s1. The van der Waals surface area contributed by atoms with Crippen molar-refractivity contribution in [1.82, 2.24) is 4.57 Å². The van der Waals surface area contributed by atoms with Gasteiger partial charge in [-0.25, -0.2) is 4.79 Å². The van der Waals surface area contributed by atoms with Crippen LogP contribution in [0.3, 0.4) is 0 Å². The molecule has 2 unspecified atom stereocenters. The molecular formula is C25H25NO5. The van der Waals surface area contributed by atoms with Crippen molar-refractivity contribution in [3.63, 3.8) is 0 Å². The molecule has 6 rings (SSSR count). The Kier molecular flexibility index (Phi) is 4.14. The summed E-state index contributed by atoms with van der Waals surface area (Å²) in [5.74, 6) is 2.14. The van der Waals surface area contributed by atoms with Crippen molar-refractivity contribution in [3.8, 4) is 5.75 Å². The zero-order chi connectivity index (χ0) is 21.3. The van der Waals surface area contributed by atoms with Crippen LogP contribution in [0, 0.1) is 35.5 Å². The number of esters is 1. The summed E-state index contributed by atoms with van der Waals surface area (Å²) < 4.78 is 12.9. The second-order valence-corrected chi connectivity index (χ2v) is 9.38. The number of pyridine rings is 1. The molecule has 4 aliphatic rings. The minimum Gasteiger partial charge on any atom is -0.483 e. The molecule has 0 saturated heterocycles. The highest BCUT2D eigenvalue weighted by molar-refractivity contribution is 6.01. The molecule has 6 nitrogen and oxygen atoms in total. The smallest absolute Gasteiger partial charge is 0.343 e. The first-order valence-electron chi connectivity index (χ1n) is 11.2. The van der Waals surface area contributed by atoms with Gasteiger partial charge in [0, 0.05) is 18.7 Å². The van der Waals surface area contributed by atoms with Crippen LogP contribution in [0.2, 0.25) is 0 Å². The van der Waals surface area contributed by atoms with Crippen LogP contribution in [-0.2, 0) is 17.9 Å². The minimum absolute atomic E-state index is 0.00650. The predicted molar refractivity (Wildman–Crippen MR) is 112 cm³/mol. The molecule has 0 N–H and O–H groups in total. The van der Waals surface area contributed by atoms with Crippen LogP contribution in [0.1, 0.15) is 46.2 Å². The minimum atomic E-state index is -0.669. The lowest BCUT2D eigenvalue weighted by atomic mass is 9.74. The molecule has 0 amide bonds. The number of carbonyl (C=O) groups excluding carboxylic acids is 2. The van der Waals surface area contributed by atoms with E-state index in [0.29, 0.717) is 35.9 Å². The normalized spacial score (nSPS) is 31.6. The predicted octanol–water partition coefficient (Wildman–Crippen LogP) is 3.32. The SMILES string of the molecule is CCOC(=O)c1cn2c(c(OCc3ccccc3)c1=O)C(=O)[C@H]1C3CC([C@@H]4C[C@H]34)[C@@H]1C2. The highest BCUT2D eigenvalue weighted by Gasteiger charge is 2.67. The third-order valence-corrected chi connectivity index (χ3v) is 7.91. The fourth-order valence-electron chi connectivity index (χ4n) is 6.65. The number of ether oxygens (including phenoxy) is 2. The first-order valence-corrected chi connectivity index (χ1v) is 11.2. The number of nitrogens with zero attached hydrogens (tertiary/aromatic N) is 1. The fraction of sp³-hybridized carbons (Fsp3) is 0.480. The number of fused-ring (bicyclic) bond motifs is 9. The molecule has 6 heteroatoms. The fourth-order valence-corrected chi connectivity index (χ4v) is 6.65. The van der Waals surface area contributed by atoms with Crippen molar-refractivity contribution in [2.45, 2.75) is 32.9 Å². The summed E-state index contributed by atoms with van der Waals surface area (Å²) in [5, 5.41) is 0. The van der Waals surface area contributed by atoms with Gasteiger partial charge in [-0.2, -0.15) is 0 Å². The molecule has 31 heavy (non-hydrogen) atoms. The van der Waals surface area contributed by atoms with Crippen molar-refractivity contribution in [1.29, 1.82) is 0 Å². The average molecular weight is 419 g/mol. The molecule has 3 saturated carbocycles. The van der Waals surface area contributed by atoms with Gasteiger partial charge >= 0.3 is 5.97 Å². The Morgan fingerprint density at radius 2 is 1.74 bits per heavy atom. The molecule has 3 aliphatic carbocycles. The van der Waals surface area contributed by atoms with E-state index in [1.54, 1.807) is 11.5 Å². The molecule has 3 fully saturated rings. The Hall–Kier alpha value is -2.89. The molecule has 2 bridgehead atoms. The van der Waals surface area contributed by atoms with Gasteiger partial charge in [0.05, 0.1) is 6.61 Å². The van der Waals surface area contributed by atoms with E-state index in [-0.39, 0.29) is 36.2 Å². The highest BCUT2D eigenvalue weighted by atomic mass is 16.5. The van der Waals surface area contributed by atoms with E-state index in [1.165, 1.54) is 12.6 Å². The number of ketones is 1. The molecule has 0 radical (unpaired) electrons. The molecule has 1 aromatic carbocycles. The maximum atomic E-state index is 13.7. The molecule has 1 aliphatic heterocycles. The Morgan fingerprint density at radius 3 is 2.52 bits per heavy atom. The number of Topliss-reactive ketones (excluding diaryl/α,β-unsaturated/α-hetero) is 1. The number of benzene rings is 1. The van der Waals surface area contributed by atoms with Crippen molar-refractivity contribution in [3.05, 3.63) is 63.6 Å². The molecule has 2 aromatic rings. The van der Waals surface area contributed by atoms with Crippen molar-refractivity contribution < 1.29 is 19.1 Å². The highest BCUT2D eigenvalue weighted by Crippen LogP contribution is 2.70. The second kappa shape index (κ2) is 6.81. The average Bonchev–Trinajstić information content (AvgIpc) is 3.39. The van der Waals surface area contributed by atoms with Crippen molar-refractivity contribution in [2.75, 3.05) is 6.61 Å². The van der Waals surface area contributed by atoms with Gasteiger partial charge < -0.3 is 14.0 Å².